The van der Waals surface area contributed by atoms with Gasteiger partial charge in [-0.2, -0.15) is 0 Å². The highest BCUT2D eigenvalue weighted by Gasteiger charge is 2.23. The van der Waals surface area contributed by atoms with Gasteiger partial charge in [0, 0.05) is 34.4 Å². The summed E-state index contributed by atoms with van der Waals surface area (Å²) in [4.78, 5) is 20.6. The Morgan fingerprint density at radius 1 is 1.16 bits per heavy atom. The van der Waals surface area contributed by atoms with Gasteiger partial charge in [-0.05, 0) is 12.1 Å². The predicted octanol–water partition coefficient (Wildman–Crippen LogP) is 1.68. The summed E-state index contributed by atoms with van der Waals surface area (Å²) in [6, 6.07) is 7.52. The Morgan fingerprint density at radius 2 is 1.84 bits per heavy atom. The lowest BCUT2D eigenvalue weighted by molar-refractivity contribution is -0.112. The van der Waals surface area contributed by atoms with Crippen LogP contribution >= 0.6 is 0 Å². The number of nitrogens with one attached hydrogen (secondary N) is 1. The molecule has 1 amide bonds. The van der Waals surface area contributed by atoms with E-state index in [-0.39, 0.29) is 5.91 Å². The summed E-state index contributed by atoms with van der Waals surface area (Å²) in [5.41, 5.74) is 2.04. The molecule has 0 bridgehead atoms. The van der Waals surface area contributed by atoms with Crippen molar-refractivity contribution in [3.63, 3.8) is 0 Å². The van der Waals surface area contributed by atoms with Crippen LogP contribution in [0.1, 0.15) is 0 Å². The molecule has 1 heterocycles. The van der Waals surface area contributed by atoms with Gasteiger partial charge in [-0.1, -0.05) is 12.1 Å². The van der Waals surface area contributed by atoms with Crippen LogP contribution in [0, 0.1) is 0 Å². The Morgan fingerprint density at radius 3 is 2.47 bits per heavy atom. The number of carbonyl (C=O) groups excluding carboxylic acids is 1. The van der Waals surface area contributed by atoms with Gasteiger partial charge < -0.3 is 15.1 Å². The van der Waals surface area contributed by atoms with Gasteiger partial charge >= 0.3 is 0 Å². The zero-order valence-corrected chi connectivity index (χ0v) is 11.6. The minimum absolute atomic E-state index is 0.147. The molecule has 0 aromatic heterocycles. The lowest BCUT2D eigenvalue weighted by Crippen LogP contribution is -2.30. The second-order valence-electron chi connectivity index (χ2n) is 4.81. The average molecular weight is 258 g/mol. The standard InChI is InChI=1S/C14H18N4O/c1-17(2)9-10-13(18(3)4)15-11-7-5-6-8-12(11)16-14(10)19/h5-9H,1-4H3,(H,16,19)/b10-9-. The van der Waals surface area contributed by atoms with Gasteiger partial charge in [0.25, 0.3) is 5.91 Å². The van der Waals surface area contributed by atoms with E-state index in [0.29, 0.717) is 11.4 Å². The van der Waals surface area contributed by atoms with E-state index in [9.17, 15) is 4.79 Å². The predicted molar refractivity (Wildman–Crippen MR) is 77.6 cm³/mol. The molecule has 19 heavy (non-hydrogen) atoms. The van der Waals surface area contributed by atoms with Crippen molar-refractivity contribution in [3.05, 3.63) is 36.0 Å². The fraction of sp³-hybridized carbons (Fsp3) is 0.286. The molecule has 1 aliphatic heterocycles. The number of hydrogen-bond acceptors (Lipinski definition) is 4. The van der Waals surface area contributed by atoms with Gasteiger partial charge in [-0.15, -0.1) is 0 Å². The van der Waals surface area contributed by atoms with Crippen molar-refractivity contribution < 1.29 is 4.79 Å². The summed E-state index contributed by atoms with van der Waals surface area (Å²) in [7, 11) is 7.52. The molecule has 1 aliphatic rings. The third-order valence-corrected chi connectivity index (χ3v) is 2.68. The quantitative estimate of drug-likeness (QED) is 0.780. The van der Waals surface area contributed by atoms with Gasteiger partial charge in [-0.3, -0.25) is 4.79 Å². The summed E-state index contributed by atoms with van der Waals surface area (Å²) in [6.45, 7) is 0. The number of anilines is 1. The number of likely N-dealkylation sites (N-methyl/N-ethyl adjacent to an activating group) is 1. The largest absolute Gasteiger partial charge is 0.383 e. The summed E-state index contributed by atoms with van der Waals surface area (Å²) in [5.74, 6) is 0.502. The normalized spacial score (nSPS) is 16.3. The minimum Gasteiger partial charge on any atom is -0.383 e. The average Bonchev–Trinajstić information content (AvgIpc) is 2.47. The maximum absolute atomic E-state index is 12.3. The smallest absolute Gasteiger partial charge is 0.260 e. The number of carbonyl (C=O) groups is 1. The molecule has 5 heteroatoms. The molecular formula is C14H18N4O. The number of amides is 1. The van der Waals surface area contributed by atoms with Crippen LogP contribution in [0.2, 0.25) is 0 Å². The molecule has 0 aliphatic carbocycles. The van der Waals surface area contributed by atoms with E-state index in [2.05, 4.69) is 10.3 Å². The Kier molecular flexibility index (Phi) is 3.55. The molecule has 0 spiro atoms. The zero-order valence-electron chi connectivity index (χ0n) is 11.6. The van der Waals surface area contributed by atoms with Gasteiger partial charge in [0.2, 0.25) is 0 Å². The van der Waals surface area contributed by atoms with Crippen LogP contribution in [-0.2, 0) is 4.79 Å². The first-order valence-electron chi connectivity index (χ1n) is 6.04. The molecule has 5 nitrogen and oxygen atoms in total. The molecule has 0 saturated carbocycles. The van der Waals surface area contributed by atoms with Crippen molar-refractivity contribution in [2.75, 3.05) is 33.5 Å². The van der Waals surface area contributed by atoms with Crippen molar-refractivity contribution in [2.24, 2.45) is 4.99 Å². The van der Waals surface area contributed by atoms with E-state index in [1.165, 1.54) is 0 Å². The molecule has 0 radical (unpaired) electrons. The van der Waals surface area contributed by atoms with Crippen LogP contribution in [0.3, 0.4) is 0 Å². The van der Waals surface area contributed by atoms with Gasteiger partial charge in [0.05, 0.1) is 16.9 Å². The summed E-state index contributed by atoms with van der Waals surface area (Å²) < 4.78 is 0. The first-order chi connectivity index (χ1) is 8.99. The third kappa shape index (κ3) is 2.76. The van der Waals surface area contributed by atoms with Crippen LogP contribution in [0.5, 0.6) is 0 Å². The summed E-state index contributed by atoms with van der Waals surface area (Å²) in [5, 5.41) is 2.89. The monoisotopic (exact) mass is 258 g/mol. The Bertz CT molecular complexity index is 558. The molecular weight excluding hydrogens is 240 g/mol. The topological polar surface area (TPSA) is 47.9 Å². The highest BCUT2D eigenvalue weighted by molar-refractivity contribution is 6.26. The highest BCUT2D eigenvalue weighted by Crippen LogP contribution is 2.28. The number of hydrogen-bond donors (Lipinski definition) is 1. The number of fused-ring (bicyclic) bond motifs is 1. The van der Waals surface area contributed by atoms with E-state index in [1.807, 2.05) is 62.3 Å². The molecule has 0 saturated heterocycles. The van der Waals surface area contributed by atoms with Crippen LogP contribution in [0.25, 0.3) is 0 Å². The van der Waals surface area contributed by atoms with E-state index in [1.54, 1.807) is 6.20 Å². The van der Waals surface area contributed by atoms with Gasteiger partial charge in [-0.25, -0.2) is 4.99 Å². The molecule has 0 atom stereocenters. The number of aliphatic imine (C=N–C) groups is 1. The summed E-state index contributed by atoms with van der Waals surface area (Å²) >= 11 is 0. The highest BCUT2D eigenvalue weighted by atomic mass is 16.1. The second-order valence-corrected chi connectivity index (χ2v) is 4.81. The number of nitrogens with zero attached hydrogens (tertiary/aromatic N) is 3. The molecule has 1 N–H and O–H groups in total. The fourth-order valence-corrected chi connectivity index (χ4v) is 1.86. The van der Waals surface area contributed by atoms with Crippen LogP contribution < -0.4 is 5.32 Å². The third-order valence-electron chi connectivity index (χ3n) is 2.68. The van der Waals surface area contributed by atoms with Crippen molar-refractivity contribution in [1.29, 1.82) is 0 Å². The van der Waals surface area contributed by atoms with Crippen molar-refractivity contribution in [1.82, 2.24) is 9.80 Å². The molecule has 0 unspecified atom stereocenters. The Hall–Kier alpha value is -2.30. The first kappa shape index (κ1) is 13.1. The molecule has 100 valence electrons. The number of para-hydroxylation sites is 2. The maximum Gasteiger partial charge on any atom is 0.260 e. The summed E-state index contributed by atoms with van der Waals surface area (Å²) in [6.07, 6.45) is 1.78. The minimum atomic E-state index is -0.147. The van der Waals surface area contributed by atoms with Gasteiger partial charge in [0.15, 0.2) is 0 Å². The fourth-order valence-electron chi connectivity index (χ4n) is 1.86. The number of benzene rings is 1. The Labute approximate surface area is 113 Å². The molecule has 1 aromatic rings. The van der Waals surface area contributed by atoms with Crippen LogP contribution in [0.15, 0.2) is 41.0 Å². The zero-order chi connectivity index (χ0) is 14.0. The van der Waals surface area contributed by atoms with Crippen LogP contribution in [0.4, 0.5) is 11.4 Å². The van der Waals surface area contributed by atoms with Crippen molar-refractivity contribution in [3.8, 4) is 0 Å². The lowest BCUT2D eigenvalue weighted by atomic mass is 10.2. The van der Waals surface area contributed by atoms with E-state index in [4.69, 9.17) is 0 Å². The van der Waals surface area contributed by atoms with E-state index < -0.39 is 0 Å². The molecule has 0 fully saturated rings. The maximum atomic E-state index is 12.3. The first-order valence-corrected chi connectivity index (χ1v) is 6.04. The molecule has 1 aromatic carbocycles. The van der Waals surface area contributed by atoms with Crippen LogP contribution in [-0.4, -0.2) is 49.7 Å². The van der Waals surface area contributed by atoms with Crippen molar-refractivity contribution in [2.45, 2.75) is 0 Å². The SMILES string of the molecule is CN(C)/C=C1\C(=O)Nc2ccccc2N=C1N(C)C. The van der Waals surface area contributed by atoms with E-state index in [0.717, 1.165) is 11.4 Å². The van der Waals surface area contributed by atoms with Crippen molar-refractivity contribution >= 4 is 23.1 Å². The van der Waals surface area contributed by atoms with Gasteiger partial charge in [0.1, 0.15) is 5.84 Å². The Balaban J connectivity index is 2.59. The number of rotatable bonds is 1. The molecule has 2 rings (SSSR count). The number of amidine groups is 1. The lowest BCUT2D eigenvalue weighted by Gasteiger charge is -2.17. The van der Waals surface area contributed by atoms with E-state index >= 15 is 0 Å². The second kappa shape index (κ2) is 5.14.